The van der Waals surface area contributed by atoms with Gasteiger partial charge in [-0.15, -0.1) is 0 Å². The molecule has 2 aliphatic heterocycles. The van der Waals surface area contributed by atoms with Crippen molar-refractivity contribution in [3.63, 3.8) is 0 Å². The minimum atomic E-state index is -0.207. The molecule has 2 heterocycles. The number of hydrogen-bond donors (Lipinski definition) is 0. The maximum Gasteiger partial charge on any atom is 0.260 e. The fourth-order valence-corrected chi connectivity index (χ4v) is 3.38. The summed E-state index contributed by atoms with van der Waals surface area (Å²) < 4.78 is 17.0. The molecular weight excluding hydrogens is 318 g/mol. The van der Waals surface area contributed by atoms with Crippen molar-refractivity contribution < 1.29 is 19.0 Å². The Kier molecular flexibility index (Phi) is 5.09. The minimum absolute atomic E-state index is 0.0204. The van der Waals surface area contributed by atoms with Gasteiger partial charge in [-0.05, 0) is 31.5 Å². The first-order valence-corrected chi connectivity index (χ1v) is 8.38. The maximum absolute atomic E-state index is 12.2. The SMILES string of the molecule is CCOCC1CCOC12CN(C(=O)COc1cccc(Cl)c1)C2. The lowest BCUT2D eigenvalue weighted by Crippen LogP contribution is -2.67. The van der Waals surface area contributed by atoms with Gasteiger partial charge in [0.1, 0.15) is 11.4 Å². The number of rotatable bonds is 6. The van der Waals surface area contributed by atoms with Crippen molar-refractivity contribution in [1.82, 2.24) is 4.90 Å². The molecule has 2 aliphatic rings. The third-order valence-corrected chi connectivity index (χ3v) is 4.79. The molecule has 6 heteroatoms. The van der Waals surface area contributed by atoms with Crippen LogP contribution in [0.3, 0.4) is 0 Å². The standard InChI is InChI=1S/C17H22ClNO4/c1-2-21-9-13-6-7-23-17(13)11-19(12-17)16(20)10-22-15-5-3-4-14(18)8-15/h3-5,8,13H,2,6-7,9-12H2,1H3. The molecule has 1 atom stereocenters. The number of amides is 1. The monoisotopic (exact) mass is 339 g/mol. The molecule has 2 saturated heterocycles. The van der Waals surface area contributed by atoms with Crippen molar-refractivity contribution in [2.24, 2.45) is 5.92 Å². The number of hydrogen-bond acceptors (Lipinski definition) is 4. The van der Waals surface area contributed by atoms with E-state index < -0.39 is 0 Å². The minimum Gasteiger partial charge on any atom is -0.484 e. The van der Waals surface area contributed by atoms with Crippen LogP contribution in [0, 0.1) is 5.92 Å². The van der Waals surface area contributed by atoms with Gasteiger partial charge in [-0.25, -0.2) is 0 Å². The van der Waals surface area contributed by atoms with Gasteiger partial charge in [-0.2, -0.15) is 0 Å². The van der Waals surface area contributed by atoms with E-state index in [1.807, 2.05) is 6.92 Å². The molecule has 2 fully saturated rings. The Bertz CT molecular complexity index is 559. The van der Waals surface area contributed by atoms with E-state index in [9.17, 15) is 4.79 Å². The van der Waals surface area contributed by atoms with Gasteiger partial charge in [-0.1, -0.05) is 17.7 Å². The fourth-order valence-electron chi connectivity index (χ4n) is 3.20. The molecule has 1 aromatic rings. The Morgan fingerprint density at radius 1 is 1.48 bits per heavy atom. The summed E-state index contributed by atoms with van der Waals surface area (Å²) in [5, 5.41) is 0.593. The summed E-state index contributed by atoms with van der Waals surface area (Å²) in [5.74, 6) is 0.953. The zero-order valence-corrected chi connectivity index (χ0v) is 14.1. The molecular formula is C17H22ClNO4. The van der Waals surface area contributed by atoms with Crippen molar-refractivity contribution in [3.8, 4) is 5.75 Å². The fraction of sp³-hybridized carbons (Fsp3) is 0.588. The number of benzene rings is 1. The molecule has 3 rings (SSSR count). The predicted molar refractivity (Wildman–Crippen MR) is 86.8 cm³/mol. The number of carbonyl (C=O) groups excluding carboxylic acids is 1. The molecule has 23 heavy (non-hydrogen) atoms. The molecule has 0 radical (unpaired) electrons. The summed E-state index contributed by atoms with van der Waals surface area (Å²) in [5.41, 5.74) is -0.207. The average molecular weight is 340 g/mol. The summed E-state index contributed by atoms with van der Waals surface area (Å²) in [6.45, 7) is 5.43. The molecule has 0 N–H and O–H groups in total. The topological polar surface area (TPSA) is 48.0 Å². The van der Waals surface area contributed by atoms with Gasteiger partial charge in [0.2, 0.25) is 0 Å². The Morgan fingerprint density at radius 3 is 3.04 bits per heavy atom. The van der Waals surface area contributed by atoms with E-state index in [2.05, 4.69) is 0 Å². The second kappa shape index (κ2) is 7.07. The first kappa shape index (κ1) is 16.6. The smallest absolute Gasteiger partial charge is 0.260 e. The van der Waals surface area contributed by atoms with Crippen LogP contribution < -0.4 is 4.74 Å². The summed E-state index contributed by atoms with van der Waals surface area (Å²) in [6.07, 6.45) is 1.00. The molecule has 1 aromatic carbocycles. The van der Waals surface area contributed by atoms with Crippen LogP contribution in [0.15, 0.2) is 24.3 Å². The third-order valence-electron chi connectivity index (χ3n) is 4.55. The average Bonchev–Trinajstić information content (AvgIpc) is 2.93. The number of ether oxygens (including phenoxy) is 3. The number of likely N-dealkylation sites (tertiary alicyclic amines) is 1. The van der Waals surface area contributed by atoms with E-state index in [-0.39, 0.29) is 18.1 Å². The highest BCUT2D eigenvalue weighted by atomic mass is 35.5. The molecule has 0 saturated carbocycles. The number of carbonyl (C=O) groups is 1. The summed E-state index contributed by atoms with van der Waals surface area (Å²) in [4.78, 5) is 14.0. The highest BCUT2D eigenvalue weighted by molar-refractivity contribution is 6.30. The van der Waals surface area contributed by atoms with E-state index in [1.165, 1.54) is 0 Å². The summed E-state index contributed by atoms with van der Waals surface area (Å²) in [7, 11) is 0. The zero-order chi connectivity index (χ0) is 16.3. The number of nitrogens with zero attached hydrogens (tertiary/aromatic N) is 1. The molecule has 1 spiro atoms. The molecule has 126 valence electrons. The Balaban J connectivity index is 1.47. The maximum atomic E-state index is 12.2. The first-order chi connectivity index (χ1) is 11.1. The molecule has 0 aromatic heterocycles. The Labute approximate surface area is 141 Å². The van der Waals surface area contributed by atoms with Crippen molar-refractivity contribution in [3.05, 3.63) is 29.3 Å². The largest absolute Gasteiger partial charge is 0.484 e. The van der Waals surface area contributed by atoms with Crippen LogP contribution in [0.4, 0.5) is 0 Å². The van der Waals surface area contributed by atoms with Crippen molar-refractivity contribution in [2.45, 2.75) is 18.9 Å². The third kappa shape index (κ3) is 3.62. The summed E-state index contributed by atoms with van der Waals surface area (Å²) >= 11 is 5.90. The lowest BCUT2D eigenvalue weighted by atomic mass is 9.81. The predicted octanol–water partition coefficient (Wildman–Crippen LogP) is 2.37. The van der Waals surface area contributed by atoms with Gasteiger partial charge in [0.25, 0.3) is 5.91 Å². The van der Waals surface area contributed by atoms with Crippen LogP contribution in [-0.4, -0.2) is 55.9 Å². The molecule has 1 amide bonds. The van der Waals surface area contributed by atoms with Crippen molar-refractivity contribution >= 4 is 17.5 Å². The highest BCUT2D eigenvalue weighted by Gasteiger charge is 2.54. The molecule has 1 unspecified atom stereocenters. The van der Waals surface area contributed by atoms with Crippen molar-refractivity contribution in [2.75, 3.05) is 39.5 Å². The van der Waals surface area contributed by atoms with Crippen LogP contribution in [0.5, 0.6) is 5.75 Å². The van der Waals surface area contributed by atoms with Crippen molar-refractivity contribution in [1.29, 1.82) is 0 Å². The normalized spacial score (nSPS) is 22.2. The Morgan fingerprint density at radius 2 is 2.30 bits per heavy atom. The van der Waals surface area contributed by atoms with Crippen LogP contribution in [0.1, 0.15) is 13.3 Å². The van der Waals surface area contributed by atoms with E-state index in [0.29, 0.717) is 43.0 Å². The number of halogens is 1. The molecule has 0 aliphatic carbocycles. The zero-order valence-electron chi connectivity index (χ0n) is 13.3. The van der Waals surface area contributed by atoms with Gasteiger partial charge in [-0.3, -0.25) is 4.79 Å². The van der Waals surface area contributed by atoms with E-state index >= 15 is 0 Å². The van der Waals surface area contributed by atoms with Gasteiger partial charge in [0.05, 0.1) is 19.7 Å². The lowest BCUT2D eigenvalue weighted by Gasteiger charge is -2.50. The first-order valence-electron chi connectivity index (χ1n) is 8.01. The van der Waals surface area contributed by atoms with Crippen LogP contribution in [-0.2, 0) is 14.3 Å². The Hall–Kier alpha value is -1.30. The van der Waals surface area contributed by atoms with Gasteiger partial charge in [0.15, 0.2) is 6.61 Å². The quantitative estimate of drug-likeness (QED) is 0.798. The van der Waals surface area contributed by atoms with Crippen LogP contribution in [0.2, 0.25) is 5.02 Å². The highest BCUT2D eigenvalue weighted by Crippen LogP contribution is 2.40. The van der Waals surface area contributed by atoms with Gasteiger partial charge < -0.3 is 19.1 Å². The van der Waals surface area contributed by atoms with Crippen LogP contribution >= 0.6 is 11.6 Å². The molecule has 0 bridgehead atoms. The summed E-state index contributed by atoms with van der Waals surface area (Å²) in [6, 6.07) is 7.05. The molecule has 5 nitrogen and oxygen atoms in total. The lowest BCUT2D eigenvalue weighted by molar-refractivity contribution is -0.170. The van der Waals surface area contributed by atoms with Crippen LogP contribution in [0.25, 0.3) is 0 Å². The second-order valence-electron chi connectivity index (χ2n) is 6.05. The van der Waals surface area contributed by atoms with Gasteiger partial charge in [0, 0.05) is 24.2 Å². The van der Waals surface area contributed by atoms with E-state index in [0.717, 1.165) is 13.0 Å². The van der Waals surface area contributed by atoms with E-state index in [1.54, 1.807) is 29.2 Å². The van der Waals surface area contributed by atoms with Gasteiger partial charge >= 0.3 is 0 Å². The second-order valence-corrected chi connectivity index (χ2v) is 6.49. The van der Waals surface area contributed by atoms with E-state index in [4.69, 9.17) is 25.8 Å².